The summed E-state index contributed by atoms with van der Waals surface area (Å²) in [6, 6.07) is 9.70. The van der Waals surface area contributed by atoms with Gasteiger partial charge in [0.2, 0.25) is 0 Å². The number of benzene rings is 1. The maximum atomic E-state index is 5.92. The predicted octanol–water partition coefficient (Wildman–Crippen LogP) is 4.67. The second kappa shape index (κ2) is 8.09. The zero-order chi connectivity index (χ0) is 18.8. The van der Waals surface area contributed by atoms with Crippen molar-refractivity contribution >= 4 is 39.9 Å². The number of aromatic nitrogens is 1. The van der Waals surface area contributed by atoms with Gasteiger partial charge in [-0.2, -0.15) is 5.10 Å². The minimum Gasteiger partial charge on any atom is -0.376 e. The summed E-state index contributed by atoms with van der Waals surface area (Å²) in [4.78, 5) is 4.58. The van der Waals surface area contributed by atoms with Gasteiger partial charge in [-0.25, -0.2) is 4.99 Å². The van der Waals surface area contributed by atoms with Crippen LogP contribution in [0, 0.1) is 13.8 Å². The SMILES string of the molecule is Cc1cc(C2=NNC(=Nc3ccc(Cl)cc3)SC2)c(C)n1C[C@@H]1CCCO1. The van der Waals surface area contributed by atoms with Gasteiger partial charge in [0.1, 0.15) is 0 Å². The monoisotopic (exact) mass is 402 g/mol. The van der Waals surface area contributed by atoms with Crippen molar-refractivity contribution in [2.24, 2.45) is 10.1 Å². The molecule has 0 radical (unpaired) electrons. The third-order valence-electron chi connectivity index (χ3n) is 4.98. The van der Waals surface area contributed by atoms with Crippen LogP contribution in [0.5, 0.6) is 0 Å². The number of aliphatic imine (C=N–C) groups is 1. The molecule has 1 saturated heterocycles. The number of halogens is 1. The van der Waals surface area contributed by atoms with Gasteiger partial charge in [0, 0.05) is 40.9 Å². The molecule has 5 nitrogen and oxygen atoms in total. The van der Waals surface area contributed by atoms with Gasteiger partial charge in [0.25, 0.3) is 0 Å². The van der Waals surface area contributed by atoms with Gasteiger partial charge in [0.05, 0.1) is 17.5 Å². The first-order chi connectivity index (χ1) is 13.1. The average Bonchev–Trinajstić information content (AvgIpc) is 3.28. The lowest BCUT2D eigenvalue weighted by atomic mass is 10.1. The van der Waals surface area contributed by atoms with Crippen LogP contribution < -0.4 is 5.43 Å². The summed E-state index contributed by atoms with van der Waals surface area (Å²) in [5.74, 6) is 0.795. The van der Waals surface area contributed by atoms with E-state index in [1.807, 2.05) is 24.3 Å². The Morgan fingerprint density at radius 2 is 2.15 bits per heavy atom. The number of aryl methyl sites for hydroxylation is 1. The molecule has 0 saturated carbocycles. The number of thioether (sulfide) groups is 1. The molecule has 2 aromatic rings. The molecule has 0 bridgehead atoms. The highest BCUT2D eigenvalue weighted by atomic mass is 35.5. The molecule has 1 atom stereocenters. The molecule has 3 heterocycles. The summed E-state index contributed by atoms with van der Waals surface area (Å²) in [6.45, 7) is 6.14. The number of nitrogens with one attached hydrogen (secondary N) is 1. The van der Waals surface area contributed by atoms with Crippen LogP contribution in [-0.2, 0) is 11.3 Å². The van der Waals surface area contributed by atoms with Crippen molar-refractivity contribution in [1.82, 2.24) is 9.99 Å². The Morgan fingerprint density at radius 3 is 2.81 bits per heavy atom. The number of rotatable bonds is 4. The lowest BCUT2D eigenvalue weighted by molar-refractivity contribution is 0.0962. The van der Waals surface area contributed by atoms with Gasteiger partial charge in [-0.1, -0.05) is 23.4 Å². The van der Waals surface area contributed by atoms with Gasteiger partial charge in [-0.3, -0.25) is 5.43 Å². The van der Waals surface area contributed by atoms with Crippen LogP contribution in [0.15, 0.2) is 40.4 Å². The molecule has 1 N–H and O–H groups in total. The second-order valence-corrected chi connectivity index (χ2v) is 8.28. The van der Waals surface area contributed by atoms with Crippen molar-refractivity contribution in [2.75, 3.05) is 12.4 Å². The topological polar surface area (TPSA) is 50.9 Å². The van der Waals surface area contributed by atoms with Gasteiger partial charge in [0.15, 0.2) is 5.17 Å². The predicted molar refractivity (Wildman–Crippen MR) is 114 cm³/mol. The molecule has 7 heteroatoms. The fraction of sp³-hybridized carbons (Fsp3) is 0.400. The summed E-state index contributed by atoms with van der Waals surface area (Å²) < 4.78 is 8.17. The Bertz CT molecular complexity index is 882. The lowest BCUT2D eigenvalue weighted by Crippen LogP contribution is -2.25. The van der Waals surface area contributed by atoms with Crippen LogP contribution in [0.4, 0.5) is 5.69 Å². The van der Waals surface area contributed by atoms with Crippen LogP contribution >= 0.6 is 23.4 Å². The Balaban J connectivity index is 1.49. The molecular formula is C20H23ClN4OS. The largest absolute Gasteiger partial charge is 0.376 e. The molecule has 0 unspecified atom stereocenters. The molecule has 142 valence electrons. The molecule has 4 rings (SSSR count). The number of hydrogen-bond donors (Lipinski definition) is 1. The van der Waals surface area contributed by atoms with Crippen molar-refractivity contribution in [2.45, 2.75) is 39.3 Å². The van der Waals surface area contributed by atoms with E-state index in [4.69, 9.17) is 16.3 Å². The van der Waals surface area contributed by atoms with Crippen LogP contribution in [0.25, 0.3) is 0 Å². The fourth-order valence-electron chi connectivity index (χ4n) is 3.51. The highest BCUT2D eigenvalue weighted by Crippen LogP contribution is 2.24. The molecule has 1 aromatic carbocycles. The summed E-state index contributed by atoms with van der Waals surface area (Å²) in [5, 5.41) is 6.10. The average molecular weight is 403 g/mol. The molecule has 27 heavy (non-hydrogen) atoms. The van der Waals surface area contributed by atoms with Crippen LogP contribution in [0.2, 0.25) is 5.02 Å². The van der Waals surface area contributed by atoms with Crippen molar-refractivity contribution in [3.05, 3.63) is 52.3 Å². The fourth-order valence-corrected chi connectivity index (χ4v) is 4.41. The van der Waals surface area contributed by atoms with E-state index in [2.05, 4.69) is 40.0 Å². The highest BCUT2D eigenvalue weighted by molar-refractivity contribution is 8.14. The zero-order valence-electron chi connectivity index (χ0n) is 15.5. The van der Waals surface area contributed by atoms with Crippen molar-refractivity contribution in [3.63, 3.8) is 0 Å². The van der Waals surface area contributed by atoms with E-state index in [9.17, 15) is 0 Å². The van der Waals surface area contributed by atoms with Crippen LogP contribution in [0.1, 0.15) is 29.8 Å². The smallest absolute Gasteiger partial charge is 0.182 e. The first kappa shape index (κ1) is 18.6. The van der Waals surface area contributed by atoms with E-state index >= 15 is 0 Å². The van der Waals surface area contributed by atoms with E-state index in [1.165, 1.54) is 23.4 Å². The quantitative estimate of drug-likeness (QED) is 0.808. The van der Waals surface area contributed by atoms with E-state index < -0.39 is 0 Å². The Labute approximate surface area is 168 Å². The second-order valence-electron chi connectivity index (χ2n) is 6.88. The normalized spacial score (nSPS) is 21.4. The summed E-state index contributed by atoms with van der Waals surface area (Å²) >= 11 is 7.59. The molecule has 1 fully saturated rings. The van der Waals surface area contributed by atoms with Crippen molar-refractivity contribution in [3.8, 4) is 0 Å². The molecule has 0 aliphatic carbocycles. The third kappa shape index (κ3) is 4.23. The Hall–Kier alpha value is -1.76. The van der Waals surface area contributed by atoms with Gasteiger partial charge >= 0.3 is 0 Å². The standard InChI is InChI=1S/C20H23ClN4OS/c1-13-10-18(14(2)25(13)11-17-4-3-9-26-17)19-12-27-20(24-23-19)22-16-7-5-15(21)6-8-16/h5-8,10,17H,3-4,9,11-12H2,1-2H3,(H,22,24)/t17-/m0/s1. The third-order valence-corrected chi connectivity index (χ3v) is 6.11. The molecule has 0 spiro atoms. The van der Waals surface area contributed by atoms with Crippen molar-refractivity contribution < 1.29 is 4.74 Å². The lowest BCUT2D eigenvalue weighted by Gasteiger charge is -2.17. The van der Waals surface area contributed by atoms with E-state index in [0.29, 0.717) is 11.1 Å². The molecular weight excluding hydrogens is 380 g/mol. The van der Waals surface area contributed by atoms with Gasteiger partial charge < -0.3 is 9.30 Å². The number of amidine groups is 1. The number of hydrogen-bond acceptors (Lipinski definition) is 4. The van der Waals surface area contributed by atoms with E-state index in [1.54, 1.807) is 11.8 Å². The summed E-state index contributed by atoms with van der Waals surface area (Å²) in [5.41, 5.74) is 8.73. The number of hydrazone groups is 1. The Morgan fingerprint density at radius 1 is 1.33 bits per heavy atom. The minimum absolute atomic E-state index is 0.335. The first-order valence-electron chi connectivity index (χ1n) is 9.18. The summed E-state index contributed by atoms with van der Waals surface area (Å²) in [6.07, 6.45) is 2.65. The molecule has 0 amide bonds. The number of ether oxygens (including phenoxy) is 1. The van der Waals surface area contributed by atoms with Crippen LogP contribution in [0.3, 0.4) is 0 Å². The maximum Gasteiger partial charge on any atom is 0.182 e. The minimum atomic E-state index is 0.335. The van der Waals surface area contributed by atoms with E-state index in [0.717, 1.165) is 41.9 Å². The maximum absolute atomic E-state index is 5.92. The molecule has 1 aromatic heterocycles. The van der Waals surface area contributed by atoms with Crippen LogP contribution in [-0.4, -0.2) is 33.9 Å². The highest BCUT2D eigenvalue weighted by Gasteiger charge is 2.22. The van der Waals surface area contributed by atoms with E-state index in [-0.39, 0.29) is 0 Å². The molecule has 2 aliphatic rings. The first-order valence-corrected chi connectivity index (χ1v) is 10.5. The number of nitrogens with zero attached hydrogens (tertiary/aromatic N) is 3. The summed E-state index contributed by atoms with van der Waals surface area (Å²) in [7, 11) is 0. The van der Waals surface area contributed by atoms with Gasteiger partial charge in [-0.05, 0) is 57.0 Å². The van der Waals surface area contributed by atoms with Crippen molar-refractivity contribution in [1.29, 1.82) is 0 Å². The Kier molecular flexibility index (Phi) is 5.57. The molecule has 2 aliphatic heterocycles. The zero-order valence-corrected chi connectivity index (χ0v) is 17.1. The van der Waals surface area contributed by atoms with Gasteiger partial charge in [-0.15, -0.1) is 0 Å².